The van der Waals surface area contributed by atoms with Crippen molar-refractivity contribution >= 4 is 16.5 Å². The van der Waals surface area contributed by atoms with E-state index in [2.05, 4.69) is 65.4 Å². The Morgan fingerprint density at radius 1 is 0.933 bits per heavy atom. The van der Waals surface area contributed by atoms with Gasteiger partial charge in [-0.15, -0.1) is 0 Å². The van der Waals surface area contributed by atoms with Gasteiger partial charge in [0.1, 0.15) is 0 Å². The molecule has 0 aliphatic carbocycles. The first kappa shape index (κ1) is 19.9. The van der Waals surface area contributed by atoms with E-state index in [-0.39, 0.29) is 11.6 Å². The van der Waals surface area contributed by atoms with E-state index in [4.69, 9.17) is 0 Å². The van der Waals surface area contributed by atoms with Crippen LogP contribution in [0.5, 0.6) is 0 Å². The van der Waals surface area contributed by atoms with E-state index in [1.807, 2.05) is 43.3 Å². The molecule has 2 N–H and O–H groups in total. The minimum absolute atomic E-state index is 0.0348. The summed E-state index contributed by atoms with van der Waals surface area (Å²) in [5, 5.41) is 4.75. The van der Waals surface area contributed by atoms with E-state index in [1.165, 1.54) is 16.7 Å². The topological polar surface area (TPSA) is 44.9 Å². The number of aryl methyl sites for hydroxylation is 1. The average Bonchev–Trinajstić information content (AvgIpc) is 2.78. The number of hydrogen-bond acceptors (Lipinski definition) is 2. The van der Waals surface area contributed by atoms with Crippen molar-refractivity contribution in [2.45, 2.75) is 19.4 Å². The molecule has 0 aliphatic heterocycles. The highest BCUT2D eigenvalue weighted by atomic mass is 16.1. The molecular formula is C27H26N2O. The van der Waals surface area contributed by atoms with Crippen LogP contribution in [0.2, 0.25) is 0 Å². The van der Waals surface area contributed by atoms with E-state index >= 15 is 0 Å². The summed E-state index contributed by atoms with van der Waals surface area (Å²) in [6, 6.07) is 29.0. The molecule has 0 saturated heterocycles. The van der Waals surface area contributed by atoms with Crippen LogP contribution in [-0.4, -0.2) is 11.5 Å². The summed E-state index contributed by atoms with van der Waals surface area (Å²) in [7, 11) is 0. The standard InChI is InChI=1S/C27H26N2O/c1-19(21-9-5-3-6-10-21)15-16-28-26(22-11-7-4-8-12-22)23-13-14-25-24(18-23)17-20(2)27(30)29-25/h3-14,17-18,26,28H,1,15-16H2,2H3,(H,29,30). The number of H-pyrrole nitrogens is 1. The Kier molecular flexibility index (Phi) is 5.92. The van der Waals surface area contributed by atoms with E-state index < -0.39 is 0 Å². The molecule has 0 spiro atoms. The van der Waals surface area contributed by atoms with Gasteiger partial charge in [0.15, 0.2) is 0 Å². The molecule has 1 unspecified atom stereocenters. The minimum Gasteiger partial charge on any atom is -0.322 e. The second kappa shape index (κ2) is 8.93. The first-order chi connectivity index (χ1) is 14.6. The zero-order valence-electron chi connectivity index (χ0n) is 17.2. The van der Waals surface area contributed by atoms with Crippen LogP contribution in [0.1, 0.15) is 34.7 Å². The molecule has 0 bridgehead atoms. The van der Waals surface area contributed by atoms with Crippen LogP contribution >= 0.6 is 0 Å². The fraction of sp³-hybridized carbons (Fsp3) is 0.148. The van der Waals surface area contributed by atoms with Crippen molar-refractivity contribution in [3.63, 3.8) is 0 Å². The van der Waals surface area contributed by atoms with Crippen LogP contribution in [0.4, 0.5) is 0 Å². The van der Waals surface area contributed by atoms with Gasteiger partial charge in [-0.1, -0.05) is 73.3 Å². The molecule has 150 valence electrons. The van der Waals surface area contributed by atoms with Crippen molar-refractivity contribution in [1.29, 1.82) is 0 Å². The van der Waals surface area contributed by atoms with Gasteiger partial charge in [0.25, 0.3) is 5.56 Å². The molecule has 4 rings (SSSR count). The van der Waals surface area contributed by atoms with Crippen molar-refractivity contribution in [2.24, 2.45) is 0 Å². The summed E-state index contributed by atoms with van der Waals surface area (Å²) in [5.74, 6) is 0. The Hall–Kier alpha value is -3.43. The number of nitrogens with one attached hydrogen (secondary N) is 2. The van der Waals surface area contributed by atoms with E-state index in [0.29, 0.717) is 0 Å². The largest absolute Gasteiger partial charge is 0.322 e. The Bertz CT molecular complexity index is 1210. The van der Waals surface area contributed by atoms with Crippen molar-refractivity contribution in [3.05, 3.63) is 124 Å². The second-order valence-electron chi connectivity index (χ2n) is 7.65. The smallest absolute Gasteiger partial charge is 0.251 e. The van der Waals surface area contributed by atoms with Gasteiger partial charge < -0.3 is 10.3 Å². The molecule has 0 aliphatic rings. The lowest BCUT2D eigenvalue weighted by atomic mass is 9.96. The quantitative estimate of drug-likeness (QED) is 0.427. The number of rotatable bonds is 7. The van der Waals surface area contributed by atoms with Crippen LogP contribution in [0.15, 0.2) is 96.3 Å². The van der Waals surface area contributed by atoms with Crippen LogP contribution in [0.3, 0.4) is 0 Å². The molecule has 0 radical (unpaired) electrons. The van der Waals surface area contributed by atoms with Gasteiger partial charge in [0.2, 0.25) is 0 Å². The molecule has 1 atom stereocenters. The summed E-state index contributed by atoms with van der Waals surface area (Å²) in [4.78, 5) is 14.9. The highest BCUT2D eigenvalue weighted by Crippen LogP contribution is 2.25. The van der Waals surface area contributed by atoms with Crippen LogP contribution in [0.25, 0.3) is 16.5 Å². The van der Waals surface area contributed by atoms with E-state index in [1.54, 1.807) is 0 Å². The maximum atomic E-state index is 11.9. The van der Waals surface area contributed by atoms with Gasteiger partial charge in [0, 0.05) is 17.6 Å². The van der Waals surface area contributed by atoms with Crippen LogP contribution in [-0.2, 0) is 0 Å². The summed E-state index contributed by atoms with van der Waals surface area (Å²) in [5.41, 5.74) is 6.24. The van der Waals surface area contributed by atoms with Gasteiger partial charge in [-0.3, -0.25) is 4.79 Å². The molecule has 0 amide bonds. The SMILES string of the molecule is C=C(CCNC(c1ccccc1)c1ccc2[nH]c(=O)c(C)cc2c1)c1ccccc1. The monoisotopic (exact) mass is 394 g/mol. The number of hydrogen-bond donors (Lipinski definition) is 2. The van der Waals surface area contributed by atoms with Crippen molar-refractivity contribution in [1.82, 2.24) is 10.3 Å². The molecule has 4 aromatic rings. The van der Waals surface area contributed by atoms with Crippen LogP contribution in [0, 0.1) is 6.92 Å². The zero-order chi connectivity index (χ0) is 20.9. The van der Waals surface area contributed by atoms with Gasteiger partial charge in [0.05, 0.1) is 6.04 Å². The zero-order valence-corrected chi connectivity index (χ0v) is 17.2. The van der Waals surface area contributed by atoms with Crippen molar-refractivity contribution in [2.75, 3.05) is 6.54 Å². The third-order valence-corrected chi connectivity index (χ3v) is 5.48. The Morgan fingerprint density at radius 3 is 2.37 bits per heavy atom. The summed E-state index contributed by atoms with van der Waals surface area (Å²) in [6.07, 6.45) is 0.868. The minimum atomic E-state index is -0.0348. The Balaban J connectivity index is 1.59. The lowest BCUT2D eigenvalue weighted by Crippen LogP contribution is -2.23. The van der Waals surface area contributed by atoms with Crippen LogP contribution < -0.4 is 10.9 Å². The number of aromatic nitrogens is 1. The maximum Gasteiger partial charge on any atom is 0.251 e. The molecule has 3 heteroatoms. The molecule has 0 fully saturated rings. The number of fused-ring (bicyclic) bond motifs is 1. The fourth-order valence-electron chi connectivity index (χ4n) is 3.77. The first-order valence-corrected chi connectivity index (χ1v) is 10.3. The molecule has 30 heavy (non-hydrogen) atoms. The lowest BCUT2D eigenvalue weighted by Gasteiger charge is -2.21. The van der Waals surface area contributed by atoms with Gasteiger partial charge in [-0.25, -0.2) is 0 Å². The molecule has 0 saturated carbocycles. The molecular weight excluding hydrogens is 368 g/mol. The van der Waals surface area contributed by atoms with E-state index in [9.17, 15) is 4.79 Å². The number of aromatic amines is 1. The summed E-state index contributed by atoms with van der Waals surface area (Å²) >= 11 is 0. The average molecular weight is 395 g/mol. The fourth-order valence-corrected chi connectivity index (χ4v) is 3.77. The molecule has 3 nitrogen and oxygen atoms in total. The van der Waals surface area contributed by atoms with Crippen molar-refractivity contribution in [3.8, 4) is 0 Å². The normalized spacial score (nSPS) is 12.0. The third kappa shape index (κ3) is 4.42. The number of benzene rings is 3. The number of pyridine rings is 1. The maximum absolute atomic E-state index is 11.9. The first-order valence-electron chi connectivity index (χ1n) is 10.3. The molecule has 3 aromatic carbocycles. The second-order valence-corrected chi connectivity index (χ2v) is 7.65. The predicted octanol–water partition coefficient (Wildman–Crippen LogP) is 5.62. The lowest BCUT2D eigenvalue weighted by molar-refractivity contribution is 0.614. The Morgan fingerprint density at radius 2 is 1.63 bits per heavy atom. The highest BCUT2D eigenvalue weighted by molar-refractivity contribution is 5.80. The Labute approximate surface area is 177 Å². The van der Waals surface area contributed by atoms with E-state index in [0.717, 1.165) is 35.0 Å². The van der Waals surface area contributed by atoms with Gasteiger partial charge in [-0.2, -0.15) is 0 Å². The predicted molar refractivity (Wildman–Crippen MR) is 126 cm³/mol. The summed E-state index contributed by atoms with van der Waals surface area (Å²) < 4.78 is 0. The summed E-state index contributed by atoms with van der Waals surface area (Å²) in [6.45, 7) is 6.91. The van der Waals surface area contributed by atoms with Crippen molar-refractivity contribution < 1.29 is 0 Å². The highest BCUT2D eigenvalue weighted by Gasteiger charge is 2.14. The molecule has 1 aromatic heterocycles. The van der Waals surface area contributed by atoms with Gasteiger partial charge in [-0.05, 0) is 59.2 Å². The molecule has 1 heterocycles. The third-order valence-electron chi connectivity index (χ3n) is 5.48. The van der Waals surface area contributed by atoms with Gasteiger partial charge >= 0.3 is 0 Å².